The Morgan fingerprint density at radius 1 is 1.18 bits per heavy atom. The van der Waals surface area contributed by atoms with Gasteiger partial charge in [0, 0.05) is 11.6 Å². The molecule has 0 spiro atoms. The van der Waals surface area contributed by atoms with E-state index in [2.05, 4.69) is 0 Å². The molecular weight excluding hydrogens is 382 g/mol. The summed E-state index contributed by atoms with van der Waals surface area (Å²) in [6, 6.07) is 14.6. The van der Waals surface area contributed by atoms with E-state index >= 15 is 0 Å². The number of ether oxygens (including phenoxy) is 1. The predicted octanol–water partition coefficient (Wildman–Crippen LogP) is 3.73. The Labute approximate surface area is 164 Å². The van der Waals surface area contributed by atoms with Gasteiger partial charge in [0.05, 0.1) is 16.4 Å². The van der Waals surface area contributed by atoms with Crippen molar-refractivity contribution in [2.45, 2.75) is 6.54 Å². The maximum atomic E-state index is 12.6. The number of para-hydroxylation sites is 1. The first-order valence-electron chi connectivity index (χ1n) is 8.07. The molecule has 0 N–H and O–H groups in total. The largest absolute Gasteiger partial charge is 0.479 e. The molecule has 9 heteroatoms. The van der Waals surface area contributed by atoms with Crippen LogP contribution in [0.25, 0.3) is 6.08 Å². The molecular formula is C19H13N3O5S. The van der Waals surface area contributed by atoms with Crippen LogP contribution in [0.2, 0.25) is 0 Å². The van der Waals surface area contributed by atoms with E-state index in [-0.39, 0.29) is 29.3 Å². The van der Waals surface area contributed by atoms with Gasteiger partial charge in [0.2, 0.25) is 0 Å². The van der Waals surface area contributed by atoms with Crippen molar-refractivity contribution < 1.29 is 19.2 Å². The molecule has 140 valence electrons. The standard InChI is InChI=1S/C19H13N3O5S/c20-9-10-27-15-7-5-13(6-8-15)11-17-18(23)21(19(24)28-17)12-14-3-1-2-4-16(14)22(25)26/h1-8,11H,10,12H2/b17-11-. The molecule has 0 bridgehead atoms. The van der Waals surface area contributed by atoms with Crippen molar-refractivity contribution in [2.75, 3.05) is 6.61 Å². The van der Waals surface area contributed by atoms with Crippen molar-refractivity contribution in [3.63, 3.8) is 0 Å². The van der Waals surface area contributed by atoms with Gasteiger partial charge in [-0.05, 0) is 35.5 Å². The molecule has 28 heavy (non-hydrogen) atoms. The Morgan fingerprint density at radius 3 is 2.57 bits per heavy atom. The van der Waals surface area contributed by atoms with Gasteiger partial charge >= 0.3 is 0 Å². The minimum absolute atomic E-state index is 0.0656. The molecule has 0 saturated carbocycles. The van der Waals surface area contributed by atoms with E-state index in [1.54, 1.807) is 36.4 Å². The number of nitro benzene ring substituents is 1. The molecule has 1 aliphatic rings. The van der Waals surface area contributed by atoms with Crippen LogP contribution in [0.3, 0.4) is 0 Å². The maximum absolute atomic E-state index is 12.6. The summed E-state index contributed by atoms with van der Waals surface area (Å²) in [5, 5.41) is 19.2. The monoisotopic (exact) mass is 395 g/mol. The van der Waals surface area contributed by atoms with Crippen molar-refractivity contribution in [1.29, 1.82) is 5.26 Å². The number of nitrogens with zero attached hydrogens (tertiary/aromatic N) is 3. The Morgan fingerprint density at radius 2 is 1.89 bits per heavy atom. The fraction of sp³-hybridized carbons (Fsp3) is 0.105. The van der Waals surface area contributed by atoms with Crippen LogP contribution in [0.5, 0.6) is 5.75 Å². The lowest BCUT2D eigenvalue weighted by Gasteiger charge is -2.12. The zero-order valence-corrected chi connectivity index (χ0v) is 15.2. The molecule has 3 rings (SSSR count). The molecule has 0 atom stereocenters. The average molecular weight is 395 g/mol. The Kier molecular flexibility index (Phi) is 5.72. The van der Waals surface area contributed by atoms with E-state index in [0.717, 1.165) is 16.7 Å². The molecule has 0 unspecified atom stereocenters. The zero-order valence-electron chi connectivity index (χ0n) is 14.4. The number of nitro groups is 1. The molecule has 0 radical (unpaired) electrons. The van der Waals surface area contributed by atoms with Crippen molar-refractivity contribution in [3.8, 4) is 11.8 Å². The van der Waals surface area contributed by atoms with Gasteiger partial charge < -0.3 is 4.74 Å². The first kappa shape index (κ1) is 19.1. The van der Waals surface area contributed by atoms with Gasteiger partial charge in [0.15, 0.2) is 6.61 Å². The summed E-state index contributed by atoms with van der Waals surface area (Å²) in [7, 11) is 0. The van der Waals surface area contributed by atoms with Gasteiger partial charge in [-0.3, -0.25) is 24.6 Å². The highest BCUT2D eigenvalue weighted by molar-refractivity contribution is 8.18. The number of benzene rings is 2. The third-order valence-electron chi connectivity index (χ3n) is 3.87. The first-order valence-corrected chi connectivity index (χ1v) is 8.88. The lowest BCUT2D eigenvalue weighted by atomic mass is 10.1. The van der Waals surface area contributed by atoms with E-state index in [9.17, 15) is 19.7 Å². The van der Waals surface area contributed by atoms with E-state index in [1.165, 1.54) is 18.2 Å². The number of imide groups is 1. The number of carbonyl (C=O) groups excluding carboxylic acids is 2. The number of rotatable bonds is 6. The van der Waals surface area contributed by atoms with Crippen LogP contribution in [-0.2, 0) is 11.3 Å². The second-order valence-corrected chi connectivity index (χ2v) is 6.66. The normalized spacial score (nSPS) is 15.0. The highest BCUT2D eigenvalue weighted by atomic mass is 32.2. The second-order valence-electron chi connectivity index (χ2n) is 5.67. The van der Waals surface area contributed by atoms with Crippen LogP contribution in [0.15, 0.2) is 53.4 Å². The maximum Gasteiger partial charge on any atom is 0.293 e. The van der Waals surface area contributed by atoms with Crippen molar-refractivity contribution >= 4 is 34.7 Å². The van der Waals surface area contributed by atoms with Crippen molar-refractivity contribution in [1.82, 2.24) is 4.90 Å². The van der Waals surface area contributed by atoms with Crippen LogP contribution in [0, 0.1) is 21.4 Å². The van der Waals surface area contributed by atoms with Crippen LogP contribution in [0.1, 0.15) is 11.1 Å². The molecule has 1 aliphatic heterocycles. The number of amides is 2. The van der Waals surface area contributed by atoms with E-state index < -0.39 is 16.1 Å². The summed E-state index contributed by atoms with van der Waals surface area (Å²) in [5.74, 6) is 0.0150. The number of nitriles is 1. The molecule has 2 amide bonds. The molecule has 0 aromatic heterocycles. The Hall–Kier alpha value is -3.64. The second kappa shape index (κ2) is 8.37. The number of hydrogen-bond donors (Lipinski definition) is 0. The minimum atomic E-state index is -0.541. The van der Waals surface area contributed by atoms with Crippen molar-refractivity contribution in [3.05, 3.63) is 74.7 Å². The lowest BCUT2D eigenvalue weighted by Crippen LogP contribution is -2.27. The molecule has 1 heterocycles. The molecule has 8 nitrogen and oxygen atoms in total. The summed E-state index contributed by atoms with van der Waals surface area (Å²) >= 11 is 0.783. The van der Waals surface area contributed by atoms with Gasteiger partial charge in [0.1, 0.15) is 11.8 Å². The van der Waals surface area contributed by atoms with Gasteiger partial charge in [0.25, 0.3) is 16.8 Å². The summed E-state index contributed by atoms with van der Waals surface area (Å²) in [5.41, 5.74) is 0.828. The summed E-state index contributed by atoms with van der Waals surface area (Å²) in [4.78, 5) is 36.7. The van der Waals surface area contributed by atoms with Gasteiger partial charge in [-0.1, -0.05) is 30.3 Å². The minimum Gasteiger partial charge on any atom is -0.479 e. The van der Waals surface area contributed by atoms with Crippen LogP contribution in [-0.4, -0.2) is 27.6 Å². The third-order valence-corrected chi connectivity index (χ3v) is 4.78. The lowest BCUT2D eigenvalue weighted by molar-refractivity contribution is -0.385. The summed E-state index contributed by atoms with van der Waals surface area (Å²) in [6.07, 6.45) is 1.57. The van der Waals surface area contributed by atoms with E-state index in [4.69, 9.17) is 10.00 Å². The number of thioether (sulfide) groups is 1. The van der Waals surface area contributed by atoms with Gasteiger partial charge in [-0.25, -0.2) is 0 Å². The van der Waals surface area contributed by atoms with Crippen molar-refractivity contribution in [2.24, 2.45) is 0 Å². The fourth-order valence-electron chi connectivity index (χ4n) is 2.56. The smallest absolute Gasteiger partial charge is 0.293 e. The fourth-order valence-corrected chi connectivity index (χ4v) is 3.39. The molecule has 2 aromatic carbocycles. The predicted molar refractivity (Wildman–Crippen MR) is 102 cm³/mol. The van der Waals surface area contributed by atoms with Gasteiger partial charge in [-0.15, -0.1) is 0 Å². The van der Waals surface area contributed by atoms with E-state index in [0.29, 0.717) is 11.3 Å². The van der Waals surface area contributed by atoms with Crippen LogP contribution >= 0.6 is 11.8 Å². The molecule has 2 aromatic rings. The van der Waals surface area contributed by atoms with Crippen LogP contribution < -0.4 is 4.74 Å². The van der Waals surface area contributed by atoms with Gasteiger partial charge in [-0.2, -0.15) is 5.26 Å². The summed E-state index contributed by atoms with van der Waals surface area (Å²) < 4.78 is 5.16. The topological polar surface area (TPSA) is 114 Å². The zero-order chi connectivity index (χ0) is 20.1. The first-order chi connectivity index (χ1) is 13.5. The Balaban J connectivity index is 1.77. The SMILES string of the molecule is N#CCOc1ccc(/C=C2\SC(=O)N(Cc3ccccc3[N+](=O)[O-])C2=O)cc1. The number of carbonyl (C=O) groups is 2. The Bertz CT molecular complexity index is 1010. The highest BCUT2D eigenvalue weighted by Gasteiger charge is 2.36. The third kappa shape index (κ3) is 4.19. The van der Waals surface area contributed by atoms with E-state index in [1.807, 2.05) is 6.07 Å². The molecule has 0 aliphatic carbocycles. The molecule has 1 fully saturated rings. The average Bonchev–Trinajstić information content (AvgIpc) is 2.95. The van der Waals surface area contributed by atoms with Crippen LogP contribution in [0.4, 0.5) is 10.5 Å². The quantitative estimate of drug-likeness (QED) is 0.416. The number of hydrogen-bond acceptors (Lipinski definition) is 7. The molecule has 1 saturated heterocycles. The highest BCUT2D eigenvalue weighted by Crippen LogP contribution is 2.34. The summed E-state index contributed by atoms with van der Waals surface area (Å²) in [6.45, 7) is -0.232.